The number of nitrogens with zero attached hydrogens (tertiary/aromatic N) is 4. The van der Waals surface area contributed by atoms with Crippen LogP contribution >= 0.6 is 12.6 Å². The van der Waals surface area contributed by atoms with Crippen molar-refractivity contribution < 1.29 is 4.74 Å². The van der Waals surface area contributed by atoms with Gasteiger partial charge in [0.15, 0.2) is 0 Å². The van der Waals surface area contributed by atoms with E-state index in [9.17, 15) is 0 Å². The molecule has 3 rings (SSSR count). The summed E-state index contributed by atoms with van der Waals surface area (Å²) in [7, 11) is 0. The van der Waals surface area contributed by atoms with Crippen LogP contribution in [0.4, 0.5) is 5.95 Å². The standard InChI is InChI=1S/C12H18N4OS/c1-9-6-12(8-17-9)2-4-16(5-3-12)11-13-7-10(18)14-15-11/h7,9H,2-6,8H2,1H3,(H,14,18)/t9-/m0/s1. The molecule has 2 fully saturated rings. The van der Waals surface area contributed by atoms with Crippen molar-refractivity contribution in [2.75, 3.05) is 24.6 Å². The molecule has 0 unspecified atom stereocenters. The Morgan fingerprint density at radius 3 is 2.72 bits per heavy atom. The number of hydrogen-bond acceptors (Lipinski definition) is 6. The van der Waals surface area contributed by atoms with Crippen molar-refractivity contribution in [1.29, 1.82) is 0 Å². The average molecular weight is 266 g/mol. The topological polar surface area (TPSA) is 51.1 Å². The number of aromatic nitrogens is 3. The Morgan fingerprint density at radius 1 is 1.39 bits per heavy atom. The summed E-state index contributed by atoms with van der Waals surface area (Å²) >= 11 is 4.10. The minimum Gasteiger partial charge on any atom is -0.378 e. The molecule has 1 spiro atoms. The maximum Gasteiger partial charge on any atom is 0.245 e. The number of hydrogen-bond donors (Lipinski definition) is 1. The monoisotopic (exact) mass is 266 g/mol. The van der Waals surface area contributed by atoms with Crippen LogP contribution in [-0.2, 0) is 4.74 Å². The van der Waals surface area contributed by atoms with Gasteiger partial charge >= 0.3 is 0 Å². The molecule has 2 aliphatic rings. The van der Waals surface area contributed by atoms with E-state index in [0.717, 1.165) is 38.5 Å². The number of piperidine rings is 1. The maximum absolute atomic E-state index is 5.73. The first-order chi connectivity index (χ1) is 8.67. The van der Waals surface area contributed by atoms with E-state index in [1.807, 2.05) is 0 Å². The molecular weight excluding hydrogens is 248 g/mol. The molecule has 1 aromatic heterocycles. The minimum atomic E-state index is 0.396. The molecule has 0 saturated carbocycles. The molecule has 2 saturated heterocycles. The Bertz CT molecular complexity index is 417. The fraction of sp³-hybridized carbons (Fsp3) is 0.750. The van der Waals surface area contributed by atoms with E-state index < -0.39 is 0 Å². The summed E-state index contributed by atoms with van der Waals surface area (Å²) in [5.41, 5.74) is 0.396. The van der Waals surface area contributed by atoms with Gasteiger partial charge in [-0.15, -0.1) is 22.8 Å². The summed E-state index contributed by atoms with van der Waals surface area (Å²) in [6.45, 7) is 5.06. The van der Waals surface area contributed by atoms with Gasteiger partial charge < -0.3 is 9.64 Å². The maximum atomic E-state index is 5.73. The summed E-state index contributed by atoms with van der Waals surface area (Å²) in [5.74, 6) is 0.717. The molecule has 98 valence electrons. The second-order valence-corrected chi connectivity index (χ2v) is 5.89. The third kappa shape index (κ3) is 2.31. The van der Waals surface area contributed by atoms with Gasteiger partial charge in [0.2, 0.25) is 5.95 Å². The van der Waals surface area contributed by atoms with Crippen LogP contribution in [0.1, 0.15) is 26.2 Å². The van der Waals surface area contributed by atoms with E-state index in [4.69, 9.17) is 4.74 Å². The summed E-state index contributed by atoms with van der Waals surface area (Å²) in [4.78, 5) is 6.48. The molecule has 0 aromatic carbocycles. The van der Waals surface area contributed by atoms with Crippen LogP contribution in [0.15, 0.2) is 11.2 Å². The quantitative estimate of drug-likeness (QED) is 0.782. The fourth-order valence-electron chi connectivity index (χ4n) is 2.98. The molecule has 1 atom stereocenters. The molecule has 0 bridgehead atoms. The van der Waals surface area contributed by atoms with E-state index in [1.165, 1.54) is 6.42 Å². The van der Waals surface area contributed by atoms with Gasteiger partial charge in [-0.05, 0) is 31.6 Å². The van der Waals surface area contributed by atoms with Crippen LogP contribution < -0.4 is 4.90 Å². The molecule has 2 aliphatic heterocycles. The average Bonchev–Trinajstić information content (AvgIpc) is 2.73. The van der Waals surface area contributed by atoms with Gasteiger partial charge in [-0.1, -0.05) is 0 Å². The predicted octanol–water partition coefficient (Wildman–Crippen LogP) is 1.56. The fourth-order valence-corrected chi connectivity index (χ4v) is 3.09. The van der Waals surface area contributed by atoms with E-state index in [2.05, 4.69) is 39.6 Å². The van der Waals surface area contributed by atoms with E-state index in [0.29, 0.717) is 16.5 Å². The van der Waals surface area contributed by atoms with E-state index in [-0.39, 0.29) is 0 Å². The highest BCUT2D eigenvalue weighted by Gasteiger charge is 2.41. The summed E-state index contributed by atoms with van der Waals surface area (Å²) in [6, 6.07) is 0. The van der Waals surface area contributed by atoms with Crippen LogP contribution in [0, 0.1) is 5.41 Å². The SMILES string of the molecule is C[C@H]1CC2(CCN(c3ncc(S)nn3)CC2)CO1. The lowest BCUT2D eigenvalue weighted by Crippen LogP contribution is -2.41. The smallest absolute Gasteiger partial charge is 0.245 e. The van der Waals surface area contributed by atoms with Gasteiger partial charge in [0.1, 0.15) is 5.03 Å². The molecule has 0 aliphatic carbocycles. The Kier molecular flexibility index (Phi) is 3.15. The summed E-state index contributed by atoms with van der Waals surface area (Å²) in [5, 5.41) is 8.59. The zero-order valence-electron chi connectivity index (χ0n) is 10.5. The van der Waals surface area contributed by atoms with Crippen molar-refractivity contribution in [2.24, 2.45) is 5.41 Å². The molecule has 3 heterocycles. The van der Waals surface area contributed by atoms with Gasteiger partial charge in [-0.2, -0.15) is 0 Å². The molecule has 18 heavy (non-hydrogen) atoms. The molecule has 0 radical (unpaired) electrons. The third-order valence-electron chi connectivity index (χ3n) is 4.04. The lowest BCUT2D eigenvalue weighted by molar-refractivity contribution is 0.0975. The highest BCUT2D eigenvalue weighted by atomic mass is 32.1. The Labute approximate surface area is 112 Å². The second kappa shape index (κ2) is 4.66. The van der Waals surface area contributed by atoms with Gasteiger partial charge in [-0.3, -0.25) is 0 Å². The molecule has 0 amide bonds. The van der Waals surface area contributed by atoms with Gasteiger partial charge in [0, 0.05) is 13.1 Å². The van der Waals surface area contributed by atoms with Crippen molar-refractivity contribution in [3.63, 3.8) is 0 Å². The van der Waals surface area contributed by atoms with Gasteiger partial charge in [0.05, 0.1) is 18.9 Å². The van der Waals surface area contributed by atoms with Crippen molar-refractivity contribution in [3.05, 3.63) is 6.20 Å². The summed E-state index contributed by atoms with van der Waals surface area (Å²) < 4.78 is 5.73. The normalized spacial score (nSPS) is 26.8. The lowest BCUT2D eigenvalue weighted by Gasteiger charge is -2.38. The predicted molar refractivity (Wildman–Crippen MR) is 71.0 cm³/mol. The number of anilines is 1. The number of rotatable bonds is 1. The zero-order valence-corrected chi connectivity index (χ0v) is 11.4. The summed E-state index contributed by atoms with van der Waals surface area (Å²) in [6.07, 6.45) is 5.57. The second-order valence-electron chi connectivity index (χ2n) is 5.43. The molecule has 0 N–H and O–H groups in total. The largest absolute Gasteiger partial charge is 0.378 e. The molecule has 1 aromatic rings. The number of thiol groups is 1. The van der Waals surface area contributed by atoms with Crippen molar-refractivity contribution in [3.8, 4) is 0 Å². The highest BCUT2D eigenvalue weighted by Crippen LogP contribution is 2.42. The minimum absolute atomic E-state index is 0.396. The van der Waals surface area contributed by atoms with Crippen LogP contribution in [0.2, 0.25) is 0 Å². The van der Waals surface area contributed by atoms with E-state index in [1.54, 1.807) is 6.20 Å². The Balaban J connectivity index is 1.65. The van der Waals surface area contributed by atoms with Crippen molar-refractivity contribution in [1.82, 2.24) is 15.2 Å². The van der Waals surface area contributed by atoms with Crippen LogP contribution in [-0.4, -0.2) is 41.0 Å². The van der Waals surface area contributed by atoms with Gasteiger partial charge in [0.25, 0.3) is 0 Å². The number of ether oxygens (including phenoxy) is 1. The van der Waals surface area contributed by atoms with Crippen molar-refractivity contribution >= 4 is 18.6 Å². The van der Waals surface area contributed by atoms with Crippen LogP contribution in [0.5, 0.6) is 0 Å². The Hall–Kier alpha value is -0.880. The first-order valence-corrected chi connectivity index (χ1v) is 6.87. The lowest BCUT2D eigenvalue weighted by atomic mass is 9.77. The molecular formula is C12H18N4OS. The van der Waals surface area contributed by atoms with Crippen molar-refractivity contribution in [2.45, 2.75) is 37.3 Å². The first kappa shape index (κ1) is 12.2. The molecule has 6 heteroatoms. The van der Waals surface area contributed by atoms with Gasteiger partial charge in [-0.25, -0.2) is 4.98 Å². The van der Waals surface area contributed by atoms with Crippen LogP contribution in [0.3, 0.4) is 0 Å². The van der Waals surface area contributed by atoms with E-state index >= 15 is 0 Å². The molecule has 5 nitrogen and oxygen atoms in total. The zero-order chi connectivity index (χ0) is 12.6. The Morgan fingerprint density at radius 2 is 2.17 bits per heavy atom. The first-order valence-electron chi connectivity index (χ1n) is 6.42. The third-order valence-corrected chi connectivity index (χ3v) is 4.24. The highest BCUT2D eigenvalue weighted by molar-refractivity contribution is 7.80. The van der Waals surface area contributed by atoms with Crippen LogP contribution in [0.25, 0.3) is 0 Å².